The molecule has 1 saturated heterocycles. The lowest BCUT2D eigenvalue weighted by atomic mass is 9.53. The number of hydrogen-bond donors (Lipinski definition) is 1. The highest BCUT2D eigenvalue weighted by Crippen LogP contribution is 2.55. The Hall–Kier alpha value is -2.28. The van der Waals surface area contributed by atoms with Crippen LogP contribution in [0.1, 0.15) is 101 Å². The van der Waals surface area contributed by atoms with Gasteiger partial charge in [0.2, 0.25) is 5.91 Å². The number of esters is 3. The summed E-state index contributed by atoms with van der Waals surface area (Å²) in [5.41, 5.74) is -1.89. The first-order chi connectivity index (χ1) is 23.1. The van der Waals surface area contributed by atoms with Gasteiger partial charge in [0, 0.05) is 57.9 Å². The standard InChI is InChI=1S/C38H67N5O7/c1-35(2,3)48-32(45)25-41-12-10-40(24-31(44)39-38-21-28-18-29(22-38)20-30(19-28)23-38)11-13-42(26-33(46)49-36(4,5)6)15-17-43(16-14-41)27-34(47)50-37(7,8)9/h28-30H,10-27H2,1-9H3,(H,39,44). The van der Waals surface area contributed by atoms with Crippen molar-refractivity contribution in [3.63, 3.8) is 0 Å². The first-order valence-corrected chi connectivity index (χ1v) is 19.0. The van der Waals surface area contributed by atoms with Gasteiger partial charge in [0.25, 0.3) is 0 Å². The minimum absolute atomic E-state index is 0.0555. The van der Waals surface area contributed by atoms with E-state index in [0.717, 1.165) is 37.0 Å². The molecule has 0 unspecified atom stereocenters. The van der Waals surface area contributed by atoms with Crippen LogP contribution < -0.4 is 5.32 Å². The second kappa shape index (κ2) is 16.6. The molecule has 0 aromatic heterocycles. The largest absolute Gasteiger partial charge is 0.459 e. The summed E-state index contributed by atoms with van der Waals surface area (Å²) in [7, 11) is 0. The molecular weight excluding hydrogens is 638 g/mol. The molecule has 1 heterocycles. The van der Waals surface area contributed by atoms with E-state index in [9.17, 15) is 19.2 Å². The van der Waals surface area contributed by atoms with Crippen molar-refractivity contribution in [2.45, 2.75) is 123 Å². The van der Waals surface area contributed by atoms with Crippen molar-refractivity contribution in [3.8, 4) is 0 Å². The van der Waals surface area contributed by atoms with Crippen LogP contribution in [0.25, 0.3) is 0 Å². The third-order valence-electron chi connectivity index (χ3n) is 10.1. The van der Waals surface area contributed by atoms with Crippen molar-refractivity contribution < 1.29 is 33.4 Å². The minimum atomic E-state index is -0.611. The lowest BCUT2D eigenvalue weighted by molar-refractivity contribution is -0.158. The molecule has 1 amide bonds. The number of ether oxygens (including phenoxy) is 3. The number of nitrogens with one attached hydrogen (secondary N) is 1. The van der Waals surface area contributed by atoms with Crippen molar-refractivity contribution in [1.82, 2.24) is 24.9 Å². The number of amides is 1. The number of hydrogen-bond acceptors (Lipinski definition) is 11. The molecule has 0 aromatic carbocycles. The Morgan fingerprint density at radius 3 is 1.02 bits per heavy atom. The Bertz CT molecular complexity index is 1110. The van der Waals surface area contributed by atoms with Crippen LogP contribution in [-0.2, 0) is 33.4 Å². The van der Waals surface area contributed by atoms with E-state index in [4.69, 9.17) is 14.2 Å². The van der Waals surface area contributed by atoms with Gasteiger partial charge < -0.3 is 19.5 Å². The smallest absolute Gasteiger partial charge is 0.320 e. The zero-order valence-electron chi connectivity index (χ0n) is 32.6. The highest BCUT2D eigenvalue weighted by atomic mass is 16.6. The maximum Gasteiger partial charge on any atom is 0.320 e. The monoisotopic (exact) mass is 706 g/mol. The maximum atomic E-state index is 13.8. The van der Waals surface area contributed by atoms with Crippen LogP contribution in [0.2, 0.25) is 0 Å². The fourth-order valence-electron chi connectivity index (χ4n) is 8.68. The Morgan fingerprint density at radius 1 is 0.500 bits per heavy atom. The van der Waals surface area contributed by atoms with E-state index in [1.54, 1.807) is 0 Å². The van der Waals surface area contributed by atoms with E-state index in [0.29, 0.717) is 52.4 Å². The maximum absolute atomic E-state index is 13.8. The molecule has 5 fully saturated rings. The molecule has 0 spiro atoms. The van der Waals surface area contributed by atoms with Crippen LogP contribution in [-0.4, -0.2) is 144 Å². The Morgan fingerprint density at radius 2 is 0.760 bits per heavy atom. The summed E-state index contributed by atoms with van der Waals surface area (Å²) in [5, 5.41) is 3.53. The van der Waals surface area contributed by atoms with Crippen molar-refractivity contribution in [3.05, 3.63) is 0 Å². The summed E-state index contributed by atoms with van der Waals surface area (Å²) in [5.74, 6) is 1.33. The summed E-state index contributed by atoms with van der Waals surface area (Å²) < 4.78 is 17.0. The minimum Gasteiger partial charge on any atom is -0.459 e. The van der Waals surface area contributed by atoms with E-state index in [1.165, 1.54) is 19.3 Å². The van der Waals surface area contributed by atoms with Crippen LogP contribution in [0.4, 0.5) is 0 Å². The third-order valence-corrected chi connectivity index (χ3v) is 10.1. The summed E-state index contributed by atoms with van der Waals surface area (Å²) in [4.78, 5) is 61.0. The van der Waals surface area contributed by atoms with E-state index in [-0.39, 0.29) is 55.5 Å². The number of rotatable bonds is 9. The molecular formula is C38H67N5O7. The molecule has 286 valence electrons. The Balaban J connectivity index is 1.49. The van der Waals surface area contributed by atoms with Crippen LogP contribution in [0, 0.1) is 17.8 Å². The van der Waals surface area contributed by atoms with Gasteiger partial charge >= 0.3 is 17.9 Å². The van der Waals surface area contributed by atoms with E-state index >= 15 is 0 Å². The molecule has 1 aliphatic heterocycles. The molecule has 1 N–H and O–H groups in total. The van der Waals surface area contributed by atoms with Gasteiger partial charge in [-0.15, -0.1) is 0 Å². The van der Waals surface area contributed by atoms with Crippen LogP contribution >= 0.6 is 0 Å². The zero-order chi connectivity index (χ0) is 36.9. The predicted molar refractivity (Wildman–Crippen MR) is 192 cm³/mol. The number of carbonyl (C=O) groups is 4. The van der Waals surface area contributed by atoms with E-state index in [1.807, 2.05) is 67.2 Å². The van der Waals surface area contributed by atoms with Crippen LogP contribution in [0.5, 0.6) is 0 Å². The zero-order valence-corrected chi connectivity index (χ0v) is 32.6. The summed E-state index contributed by atoms with van der Waals surface area (Å²) in [6.07, 6.45) is 7.24. The van der Waals surface area contributed by atoms with Gasteiger partial charge in [-0.2, -0.15) is 0 Å². The van der Waals surface area contributed by atoms with Gasteiger partial charge in [-0.05, 0) is 119 Å². The Labute approximate surface area is 301 Å². The Kier molecular flexibility index (Phi) is 13.4. The van der Waals surface area contributed by atoms with Crippen molar-refractivity contribution in [1.29, 1.82) is 0 Å². The lowest BCUT2D eigenvalue weighted by Gasteiger charge is -2.57. The first kappa shape index (κ1) is 40.5. The molecule has 12 heteroatoms. The summed E-state index contributed by atoms with van der Waals surface area (Å²) >= 11 is 0. The average molecular weight is 706 g/mol. The van der Waals surface area contributed by atoms with Crippen molar-refractivity contribution in [2.75, 3.05) is 78.5 Å². The molecule has 5 aliphatic rings. The number of nitrogens with zero attached hydrogens (tertiary/aromatic N) is 4. The van der Waals surface area contributed by atoms with Crippen molar-refractivity contribution >= 4 is 23.8 Å². The first-order valence-electron chi connectivity index (χ1n) is 19.0. The molecule has 4 saturated carbocycles. The van der Waals surface area contributed by atoms with Gasteiger partial charge in [0.1, 0.15) is 16.8 Å². The van der Waals surface area contributed by atoms with Gasteiger partial charge in [-0.25, -0.2) is 0 Å². The summed E-state index contributed by atoms with van der Waals surface area (Å²) in [6, 6.07) is 0. The van der Waals surface area contributed by atoms with Crippen molar-refractivity contribution in [2.24, 2.45) is 17.8 Å². The van der Waals surface area contributed by atoms with Gasteiger partial charge in [0.15, 0.2) is 0 Å². The third kappa shape index (κ3) is 14.0. The molecule has 12 nitrogen and oxygen atoms in total. The molecule has 4 aliphatic carbocycles. The molecule has 5 rings (SSSR count). The van der Waals surface area contributed by atoms with Gasteiger partial charge in [-0.1, -0.05) is 0 Å². The highest BCUT2D eigenvalue weighted by Gasteiger charge is 2.51. The fourth-order valence-corrected chi connectivity index (χ4v) is 8.68. The second-order valence-corrected chi connectivity index (χ2v) is 18.6. The fraction of sp³-hybridized carbons (Fsp3) is 0.895. The predicted octanol–water partition coefficient (Wildman–Crippen LogP) is 3.32. The second-order valence-electron chi connectivity index (χ2n) is 18.6. The normalized spacial score (nSPS) is 28.0. The SMILES string of the molecule is CC(C)(C)OC(=O)CN1CCN(CC(=O)NC23CC4CC(CC(C4)C2)C3)CCN(CC(=O)OC(C)(C)C)CCN(CC(=O)OC(C)(C)C)CC1. The topological polar surface area (TPSA) is 121 Å². The average Bonchev–Trinajstić information content (AvgIpc) is 2.90. The van der Waals surface area contributed by atoms with Gasteiger partial charge in [-0.3, -0.25) is 38.8 Å². The van der Waals surface area contributed by atoms with Gasteiger partial charge in [0.05, 0.1) is 26.2 Å². The van der Waals surface area contributed by atoms with E-state index in [2.05, 4.69) is 20.0 Å². The molecule has 0 radical (unpaired) electrons. The van der Waals surface area contributed by atoms with Crippen LogP contribution in [0.3, 0.4) is 0 Å². The quantitative estimate of drug-likeness (QED) is 0.281. The lowest BCUT2D eigenvalue weighted by Crippen LogP contribution is -2.61. The molecule has 4 bridgehead atoms. The molecule has 0 aromatic rings. The van der Waals surface area contributed by atoms with E-state index < -0.39 is 16.8 Å². The summed E-state index contributed by atoms with van der Waals surface area (Å²) in [6.45, 7) is 21.5. The number of carbonyl (C=O) groups excluding carboxylic acids is 4. The molecule has 50 heavy (non-hydrogen) atoms. The molecule has 0 atom stereocenters. The highest BCUT2D eigenvalue weighted by molar-refractivity contribution is 5.79. The van der Waals surface area contributed by atoms with Crippen LogP contribution in [0.15, 0.2) is 0 Å².